The molecular weight excluding hydrogens is 332 g/mol. The van der Waals surface area contributed by atoms with Crippen molar-refractivity contribution in [2.45, 2.75) is 26.7 Å². The molecular formula is C12H20Br2N2. The van der Waals surface area contributed by atoms with E-state index in [1.807, 2.05) is 19.2 Å². The van der Waals surface area contributed by atoms with Gasteiger partial charge in [0.2, 0.25) is 0 Å². The summed E-state index contributed by atoms with van der Waals surface area (Å²) in [5.41, 5.74) is 1.18. The third-order valence-corrected chi connectivity index (χ3v) is 2.82. The van der Waals surface area contributed by atoms with E-state index in [0.29, 0.717) is 0 Å². The van der Waals surface area contributed by atoms with Gasteiger partial charge in [0, 0.05) is 16.9 Å². The Morgan fingerprint density at radius 2 is 2.19 bits per heavy atom. The van der Waals surface area contributed by atoms with Gasteiger partial charge in [-0.15, -0.1) is 17.0 Å². The number of hydrogen-bond donors (Lipinski definition) is 1. The van der Waals surface area contributed by atoms with Crippen LogP contribution in [0.25, 0.3) is 0 Å². The van der Waals surface area contributed by atoms with Gasteiger partial charge in [0.25, 0.3) is 0 Å². The lowest BCUT2D eigenvalue weighted by molar-refractivity contribution is 0.405. The monoisotopic (exact) mass is 350 g/mol. The van der Waals surface area contributed by atoms with Crippen molar-refractivity contribution < 1.29 is 0 Å². The lowest BCUT2D eigenvalue weighted by Gasteiger charge is -2.17. The second-order valence-corrected chi connectivity index (χ2v) is 5.05. The number of piperidine rings is 1. The van der Waals surface area contributed by atoms with E-state index in [1.54, 1.807) is 6.20 Å². The molecule has 2 rings (SSSR count). The van der Waals surface area contributed by atoms with Crippen LogP contribution >= 0.6 is 32.9 Å². The first-order valence-corrected chi connectivity index (χ1v) is 6.25. The Morgan fingerprint density at radius 1 is 1.44 bits per heavy atom. The zero-order valence-electron chi connectivity index (χ0n) is 9.87. The molecule has 1 aliphatic heterocycles. The van der Waals surface area contributed by atoms with Gasteiger partial charge in [0.15, 0.2) is 0 Å². The number of pyridine rings is 1. The summed E-state index contributed by atoms with van der Waals surface area (Å²) in [6.07, 6.45) is 6.39. The SMILES string of the molecule is Br.CC1CCCNC1.Cc1cncc(Br)c1. The molecule has 0 aromatic carbocycles. The minimum Gasteiger partial charge on any atom is -0.316 e. The molecule has 1 atom stereocenters. The first-order valence-electron chi connectivity index (χ1n) is 5.46. The van der Waals surface area contributed by atoms with Crippen LogP contribution in [0.4, 0.5) is 0 Å². The molecule has 0 spiro atoms. The molecule has 4 heteroatoms. The second-order valence-electron chi connectivity index (χ2n) is 4.13. The van der Waals surface area contributed by atoms with E-state index in [9.17, 15) is 0 Å². The summed E-state index contributed by atoms with van der Waals surface area (Å²) in [5, 5.41) is 3.33. The van der Waals surface area contributed by atoms with Crippen LogP contribution in [0.15, 0.2) is 22.9 Å². The number of aromatic nitrogens is 1. The largest absolute Gasteiger partial charge is 0.316 e. The number of rotatable bonds is 0. The van der Waals surface area contributed by atoms with E-state index in [1.165, 1.54) is 31.5 Å². The van der Waals surface area contributed by atoms with Gasteiger partial charge in [-0.05, 0) is 66.3 Å². The molecule has 0 amide bonds. The Hall–Kier alpha value is 0.0700. The van der Waals surface area contributed by atoms with Crippen molar-refractivity contribution in [3.63, 3.8) is 0 Å². The van der Waals surface area contributed by atoms with Gasteiger partial charge in [-0.1, -0.05) is 6.92 Å². The van der Waals surface area contributed by atoms with Gasteiger partial charge in [-0.2, -0.15) is 0 Å². The van der Waals surface area contributed by atoms with Crippen LogP contribution in [0.3, 0.4) is 0 Å². The molecule has 16 heavy (non-hydrogen) atoms. The number of aryl methyl sites for hydroxylation is 1. The molecule has 1 fully saturated rings. The van der Waals surface area contributed by atoms with Crippen LogP contribution in [0.1, 0.15) is 25.3 Å². The maximum absolute atomic E-state index is 3.94. The zero-order chi connectivity index (χ0) is 11.1. The van der Waals surface area contributed by atoms with Gasteiger partial charge in [-0.25, -0.2) is 0 Å². The smallest absolute Gasteiger partial charge is 0.0410 e. The molecule has 1 aromatic heterocycles. The van der Waals surface area contributed by atoms with Crippen LogP contribution in [0.2, 0.25) is 0 Å². The molecule has 1 aliphatic rings. The summed E-state index contributed by atoms with van der Waals surface area (Å²) < 4.78 is 1.04. The Balaban J connectivity index is 0.000000267. The topological polar surface area (TPSA) is 24.9 Å². The molecule has 0 aliphatic carbocycles. The predicted octanol–water partition coefficient (Wildman–Crippen LogP) is 3.74. The number of nitrogens with one attached hydrogen (secondary N) is 1. The fraction of sp³-hybridized carbons (Fsp3) is 0.583. The summed E-state index contributed by atoms with van der Waals surface area (Å²) in [5.74, 6) is 0.925. The Labute approximate surface area is 117 Å². The minimum atomic E-state index is 0. The van der Waals surface area contributed by atoms with Crippen LogP contribution in [0, 0.1) is 12.8 Å². The van der Waals surface area contributed by atoms with Gasteiger partial charge >= 0.3 is 0 Å². The summed E-state index contributed by atoms with van der Waals surface area (Å²) in [6.45, 7) is 6.79. The summed E-state index contributed by atoms with van der Waals surface area (Å²) in [7, 11) is 0. The molecule has 1 aromatic rings. The maximum atomic E-state index is 3.94. The first-order chi connectivity index (χ1) is 7.18. The lowest BCUT2D eigenvalue weighted by Crippen LogP contribution is -2.27. The van der Waals surface area contributed by atoms with Crippen molar-refractivity contribution in [3.8, 4) is 0 Å². The van der Waals surface area contributed by atoms with Crippen molar-refractivity contribution >= 4 is 32.9 Å². The summed E-state index contributed by atoms with van der Waals surface area (Å²) in [4.78, 5) is 3.94. The average molecular weight is 352 g/mol. The summed E-state index contributed by atoms with van der Waals surface area (Å²) >= 11 is 3.30. The molecule has 1 N–H and O–H groups in total. The van der Waals surface area contributed by atoms with Crippen molar-refractivity contribution in [3.05, 3.63) is 28.5 Å². The highest BCUT2D eigenvalue weighted by molar-refractivity contribution is 9.10. The molecule has 2 nitrogen and oxygen atoms in total. The van der Waals surface area contributed by atoms with E-state index in [4.69, 9.17) is 0 Å². The van der Waals surface area contributed by atoms with Gasteiger partial charge in [0.1, 0.15) is 0 Å². The molecule has 1 unspecified atom stereocenters. The molecule has 1 saturated heterocycles. The van der Waals surface area contributed by atoms with Crippen LogP contribution in [-0.4, -0.2) is 18.1 Å². The Morgan fingerprint density at radius 3 is 2.50 bits per heavy atom. The van der Waals surface area contributed by atoms with Crippen LogP contribution < -0.4 is 5.32 Å². The van der Waals surface area contributed by atoms with E-state index in [0.717, 1.165) is 10.4 Å². The van der Waals surface area contributed by atoms with Crippen molar-refractivity contribution in [1.29, 1.82) is 0 Å². The highest BCUT2D eigenvalue weighted by Crippen LogP contribution is 2.07. The summed E-state index contributed by atoms with van der Waals surface area (Å²) in [6, 6.07) is 2.02. The van der Waals surface area contributed by atoms with E-state index in [-0.39, 0.29) is 17.0 Å². The van der Waals surface area contributed by atoms with Crippen molar-refractivity contribution in [1.82, 2.24) is 10.3 Å². The highest BCUT2D eigenvalue weighted by Gasteiger charge is 2.04. The molecule has 92 valence electrons. The lowest BCUT2D eigenvalue weighted by atomic mass is 10.0. The Kier molecular flexibility index (Phi) is 9.18. The number of halogens is 2. The molecule has 0 radical (unpaired) electrons. The maximum Gasteiger partial charge on any atom is 0.0410 e. The average Bonchev–Trinajstić information content (AvgIpc) is 2.19. The van der Waals surface area contributed by atoms with Crippen LogP contribution in [0.5, 0.6) is 0 Å². The minimum absolute atomic E-state index is 0. The fourth-order valence-corrected chi connectivity index (χ4v) is 2.02. The van der Waals surface area contributed by atoms with E-state index >= 15 is 0 Å². The first kappa shape index (κ1) is 16.1. The highest BCUT2D eigenvalue weighted by atomic mass is 79.9. The zero-order valence-corrected chi connectivity index (χ0v) is 13.2. The number of nitrogens with zero attached hydrogens (tertiary/aromatic N) is 1. The predicted molar refractivity (Wildman–Crippen MR) is 78.3 cm³/mol. The van der Waals surface area contributed by atoms with Gasteiger partial charge in [0.05, 0.1) is 0 Å². The standard InChI is InChI=1S/C6H6BrN.C6H13N.BrH/c1-5-2-6(7)4-8-3-5;1-6-3-2-4-7-5-6;/h2-4H,1H3;6-7H,2-5H2,1H3;1H. The third-order valence-electron chi connectivity index (χ3n) is 2.38. The van der Waals surface area contributed by atoms with E-state index < -0.39 is 0 Å². The molecule has 0 bridgehead atoms. The van der Waals surface area contributed by atoms with Gasteiger partial charge in [-0.3, -0.25) is 4.98 Å². The molecule has 0 saturated carbocycles. The normalized spacial score (nSPS) is 19.1. The van der Waals surface area contributed by atoms with E-state index in [2.05, 4.69) is 33.2 Å². The number of hydrogen-bond acceptors (Lipinski definition) is 2. The Bertz CT molecular complexity index is 269. The fourth-order valence-electron chi connectivity index (χ4n) is 1.54. The quantitative estimate of drug-likeness (QED) is 0.770. The van der Waals surface area contributed by atoms with Gasteiger partial charge < -0.3 is 5.32 Å². The van der Waals surface area contributed by atoms with Crippen LogP contribution in [-0.2, 0) is 0 Å². The van der Waals surface area contributed by atoms with Crippen molar-refractivity contribution in [2.24, 2.45) is 5.92 Å². The third kappa shape index (κ3) is 7.36. The van der Waals surface area contributed by atoms with Crippen molar-refractivity contribution in [2.75, 3.05) is 13.1 Å². The second kappa shape index (κ2) is 9.14. The molecule has 2 heterocycles.